The number of hydrogen-bond donors (Lipinski definition) is 3. The SMILES string of the molecule is CC(NC(=O)Nc1ccccc1)C(=O)NCc1ccc(F)cc1. The van der Waals surface area contributed by atoms with Crippen LogP contribution in [0.4, 0.5) is 14.9 Å². The number of benzene rings is 2. The van der Waals surface area contributed by atoms with Crippen molar-refractivity contribution in [3.05, 3.63) is 66.0 Å². The summed E-state index contributed by atoms with van der Waals surface area (Å²) >= 11 is 0. The molecule has 0 aliphatic heterocycles. The highest BCUT2D eigenvalue weighted by Crippen LogP contribution is 2.05. The number of para-hydroxylation sites is 1. The third-order valence-corrected chi connectivity index (χ3v) is 3.15. The number of carbonyl (C=O) groups is 2. The molecule has 6 heteroatoms. The molecular weight excluding hydrogens is 297 g/mol. The first kappa shape index (κ1) is 16.5. The smallest absolute Gasteiger partial charge is 0.319 e. The van der Waals surface area contributed by atoms with Crippen LogP contribution in [0.2, 0.25) is 0 Å². The van der Waals surface area contributed by atoms with Gasteiger partial charge in [-0.3, -0.25) is 4.79 Å². The van der Waals surface area contributed by atoms with Crippen LogP contribution in [0.15, 0.2) is 54.6 Å². The van der Waals surface area contributed by atoms with Gasteiger partial charge in [-0.25, -0.2) is 9.18 Å². The van der Waals surface area contributed by atoms with Crippen LogP contribution in [0.5, 0.6) is 0 Å². The van der Waals surface area contributed by atoms with Crippen molar-refractivity contribution >= 4 is 17.6 Å². The zero-order valence-electron chi connectivity index (χ0n) is 12.7. The summed E-state index contributed by atoms with van der Waals surface area (Å²) in [5.41, 5.74) is 1.42. The van der Waals surface area contributed by atoms with Crippen LogP contribution in [0.3, 0.4) is 0 Å². The van der Waals surface area contributed by atoms with Gasteiger partial charge >= 0.3 is 6.03 Å². The molecule has 2 aromatic carbocycles. The predicted octanol–water partition coefficient (Wildman–Crippen LogP) is 2.65. The molecule has 0 aliphatic rings. The van der Waals surface area contributed by atoms with Gasteiger partial charge in [0.15, 0.2) is 0 Å². The van der Waals surface area contributed by atoms with Crippen molar-refractivity contribution in [1.82, 2.24) is 10.6 Å². The summed E-state index contributed by atoms with van der Waals surface area (Å²) in [4.78, 5) is 23.7. The standard InChI is InChI=1S/C17H18FN3O2/c1-12(20-17(23)21-15-5-3-2-4-6-15)16(22)19-11-13-7-9-14(18)10-8-13/h2-10,12H,11H2,1H3,(H,19,22)(H2,20,21,23). The van der Waals surface area contributed by atoms with E-state index in [1.54, 1.807) is 43.3 Å². The maximum Gasteiger partial charge on any atom is 0.319 e. The summed E-state index contributed by atoms with van der Waals surface area (Å²) in [5.74, 6) is -0.648. The molecule has 3 amide bonds. The second-order valence-electron chi connectivity index (χ2n) is 5.03. The average molecular weight is 315 g/mol. The Morgan fingerprint density at radius 3 is 2.35 bits per heavy atom. The molecule has 1 unspecified atom stereocenters. The minimum atomic E-state index is -0.695. The quantitative estimate of drug-likeness (QED) is 0.794. The minimum absolute atomic E-state index is 0.269. The maximum absolute atomic E-state index is 12.8. The predicted molar refractivity (Wildman–Crippen MR) is 86.3 cm³/mol. The molecule has 0 fully saturated rings. The lowest BCUT2D eigenvalue weighted by atomic mass is 10.2. The van der Waals surface area contributed by atoms with Gasteiger partial charge < -0.3 is 16.0 Å². The van der Waals surface area contributed by atoms with Gasteiger partial charge in [-0.15, -0.1) is 0 Å². The van der Waals surface area contributed by atoms with Crippen LogP contribution in [0, 0.1) is 5.82 Å². The lowest BCUT2D eigenvalue weighted by Gasteiger charge is -2.15. The van der Waals surface area contributed by atoms with Gasteiger partial charge in [0.05, 0.1) is 0 Å². The highest BCUT2D eigenvalue weighted by Gasteiger charge is 2.15. The van der Waals surface area contributed by atoms with Crippen molar-refractivity contribution < 1.29 is 14.0 Å². The molecule has 0 aromatic heterocycles. The van der Waals surface area contributed by atoms with Crippen LogP contribution in [-0.4, -0.2) is 18.0 Å². The van der Waals surface area contributed by atoms with E-state index in [0.29, 0.717) is 5.69 Å². The van der Waals surface area contributed by atoms with Gasteiger partial charge in [-0.1, -0.05) is 30.3 Å². The normalized spacial score (nSPS) is 11.4. The van der Waals surface area contributed by atoms with Gasteiger partial charge in [0.2, 0.25) is 5.91 Å². The van der Waals surface area contributed by atoms with E-state index in [4.69, 9.17) is 0 Å². The number of amides is 3. The lowest BCUT2D eigenvalue weighted by Crippen LogP contribution is -2.46. The second-order valence-corrected chi connectivity index (χ2v) is 5.03. The van der Waals surface area contributed by atoms with Crippen LogP contribution in [0.25, 0.3) is 0 Å². The van der Waals surface area contributed by atoms with Gasteiger partial charge in [0, 0.05) is 12.2 Å². The van der Waals surface area contributed by atoms with Crippen molar-refractivity contribution in [3.8, 4) is 0 Å². The Labute approximate surface area is 133 Å². The highest BCUT2D eigenvalue weighted by atomic mass is 19.1. The monoisotopic (exact) mass is 315 g/mol. The van der Waals surface area contributed by atoms with Crippen LogP contribution >= 0.6 is 0 Å². The summed E-state index contributed by atoms with van der Waals surface area (Å²) in [6, 6.07) is 13.6. The molecule has 5 nitrogen and oxygen atoms in total. The molecule has 0 spiro atoms. The van der Waals surface area contributed by atoms with Crippen LogP contribution in [0.1, 0.15) is 12.5 Å². The third kappa shape index (κ3) is 5.43. The van der Waals surface area contributed by atoms with Crippen molar-refractivity contribution in [2.24, 2.45) is 0 Å². The Hall–Kier alpha value is -2.89. The fourth-order valence-corrected chi connectivity index (χ4v) is 1.90. The van der Waals surface area contributed by atoms with Crippen molar-refractivity contribution in [2.45, 2.75) is 19.5 Å². The molecule has 2 rings (SSSR count). The van der Waals surface area contributed by atoms with E-state index in [0.717, 1.165) is 5.56 Å². The molecule has 2 aromatic rings. The van der Waals surface area contributed by atoms with Gasteiger partial charge in [-0.2, -0.15) is 0 Å². The summed E-state index contributed by atoms with van der Waals surface area (Å²) in [5, 5.41) is 7.87. The summed E-state index contributed by atoms with van der Waals surface area (Å²) in [7, 11) is 0. The molecule has 0 heterocycles. The molecular formula is C17H18FN3O2. The van der Waals surface area contributed by atoms with Crippen LogP contribution in [-0.2, 0) is 11.3 Å². The van der Waals surface area contributed by atoms with E-state index in [-0.39, 0.29) is 18.3 Å². The molecule has 0 aliphatic carbocycles. The largest absolute Gasteiger partial charge is 0.350 e. The van der Waals surface area contributed by atoms with Crippen molar-refractivity contribution in [2.75, 3.05) is 5.32 Å². The van der Waals surface area contributed by atoms with E-state index < -0.39 is 12.1 Å². The van der Waals surface area contributed by atoms with Crippen LogP contribution < -0.4 is 16.0 Å². The number of nitrogens with one attached hydrogen (secondary N) is 3. The molecule has 1 atom stereocenters. The molecule has 0 saturated heterocycles. The average Bonchev–Trinajstić information content (AvgIpc) is 2.54. The molecule has 120 valence electrons. The molecule has 3 N–H and O–H groups in total. The number of halogens is 1. The maximum atomic E-state index is 12.8. The first-order valence-electron chi connectivity index (χ1n) is 7.19. The van der Waals surface area contributed by atoms with E-state index in [9.17, 15) is 14.0 Å². The molecule has 0 radical (unpaired) electrons. The topological polar surface area (TPSA) is 70.2 Å². The Bertz CT molecular complexity index is 659. The molecule has 0 bridgehead atoms. The van der Waals surface area contributed by atoms with E-state index in [1.165, 1.54) is 12.1 Å². The van der Waals surface area contributed by atoms with Crippen molar-refractivity contribution in [3.63, 3.8) is 0 Å². The Morgan fingerprint density at radius 2 is 1.70 bits per heavy atom. The minimum Gasteiger partial charge on any atom is -0.350 e. The number of carbonyl (C=O) groups excluding carboxylic acids is 2. The summed E-state index contributed by atoms with van der Waals surface area (Å²) in [6.07, 6.45) is 0. The number of hydrogen-bond acceptors (Lipinski definition) is 2. The second kappa shape index (κ2) is 7.93. The number of anilines is 1. The Balaban J connectivity index is 1.78. The highest BCUT2D eigenvalue weighted by molar-refractivity contribution is 5.93. The zero-order valence-corrected chi connectivity index (χ0v) is 12.7. The Morgan fingerprint density at radius 1 is 1.04 bits per heavy atom. The Kier molecular flexibility index (Phi) is 5.68. The summed E-state index contributed by atoms with van der Waals surface area (Å²) in [6.45, 7) is 1.86. The van der Waals surface area contributed by atoms with E-state index in [2.05, 4.69) is 16.0 Å². The molecule has 23 heavy (non-hydrogen) atoms. The van der Waals surface area contributed by atoms with E-state index >= 15 is 0 Å². The van der Waals surface area contributed by atoms with Gasteiger partial charge in [-0.05, 0) is 36.8 Å². The zero-order chi connectivity index (χ0) is 16.7. The first-order chi connectivity index (χ1) is 11.0. The van der Waals surface area contributed by atoms with Gasteiger partial charge in [0.25, 0.3) is 0 Å². The summed E-state index contributed by atoms with van der Waals surface area (Å²) < 4.78 is 12.8. The van der Waals surface area contributed by atoms with E-state index in [1.807, 2.05) is 6.07 Å². The first-order valence-corrected chi connectivity index (χ1v) is 7.19. The third-order valence-electron chi connectivity index (χ3n) is 3.15. The lowest BCUT2D eigenvalue weighted by molar-refractivity contribution is -0.122. The number of urea groups is 1. The van der Waals surface area contributed by atoms with Gasteiger partial charge in [0.1, 0.15) is 11.9 Å². The fraction of sp³-hybridized carbons (Fsp3) is 0.176. The van der Waals surface area contributed by atoms with Crippen molar-refractivity contribution in [1.29, 1.82) is 0 Å². The fourth-order valence-electron chi connectivity index (χ4n) is 1.90. The number of rotatable bonds is 5. The molecule has 0 saturated carbocycles.